The number of nitrogens with one attached hydrogen (secondary N) is 1. The van der Waals surface area contributed by atoms with Crippen LogP contribution in [0.1, 0.15) is 84.2 Å². The first-order valence-electron chi connectivity index (χ1n) is 16.8. The molecule has 1 saturated heterocycles. The number of unbranched alkanes of at least 4 members (excludes halogenated alkanes) is 1. The standard InChI is InChI=1S/C35H56N6OSi/c1-8-9-19-36-34-37-24-31-32(28-13-11-27(12-14-28)25-40-21-10-20-39(5)22-23-40)26-41(33(31)38-34)29-15-17-30(18-16-29)42-43(6,7)35(2,3)4/h11-14,24,26,29-30H,8-10,15-23,25H2,1-7H3,(H,36,37,38)/t29-,30-. The molecular formula is C35H56N6OSi. The van der Waals surface area contributed by atoms with Crippen molar-refractivity contribution in [2.24, 2.45) is 0 Å². The van der Waals surface area contributed by atoms with Gasteiger partial charge in [-0.2, -0.15) is 4.98 Å². The Morgan fingerprint density at radius 3 is 2.44 bits per heavy atom. The molecule has 1 N–H and O–H groups in total. The van der Waals surface area contributed by atoms with E-state index in [0.717, 1.165) is 81.7 Å². The Hall–Kier alpha value is -2.26. The number of likely N-dealkylation sites (N-methyl/N-ethyl adjacent to an activating group) is 1. The third-order valence-corrected chi connectivity index (χ3v) is 14.7. The van der Waals surface area contributed by atoms with Crippen LogP contribution in [0.5, 0.6) is 0 Å². The molecule has 1 aliphatic carbocycles. The van der Waals surface area contributed by atoms with Crippen molar-refractivity contribution in [3.63, 3.8) is 0 Å². The molecule has 1 aromatic carbocycles. The number of hydrogen-bond donors (Lipinski definition) is 1. The van der Waals surface area contributed by atoms with Crippen molar-refractivity contribution in [2.75, 3.05) is 45.1 Å². The Bertz CT molecular complexity index is 1320. The fraction of sp³-hybridized carbons (Fsp3) is 0.657. The summed E-state index contributed by atoms with van der Waals surface area (Å²) >= 11 is 0. The van der Waals surface area contributed by atoms with Gasteiger partial charge in [0.15, 0.2) is 8.32 Å². The first-order valence-corrected chi connectivity index (χ1v) is 19.7. The third-order valence-electron chi connectivity index (χ3n) is 10.2. The van der Waals surface area contributed by atoms with Crippen molar-refractivity contribution in [3.05, 3.63) is 42.2 Å². The molecule has 2 fully saturated rings. The molecule has 2 aliphatic rings. The lowest BCUT2D eigenvalue weighted by Gasteiger charge is -2.41. The van der Waals surface area contributed by atoms with Gasteiger partial charge in [-0.05, 0) is 87.9 Å². The molecule has 5 rings (SSSR count). The molecule has 3 aromatic rings. The van der Waals surface area contributed by atoms with Crippen LogP contribution in [0, 0.1) is 0 Å². The second kappa shape index (κ2) is 13.8. The van der Waals surface area contributed by atoms with Gasteiger partial charge in [-0.1, -0.05) is 58.4 Å². The molecule has 7 nitrogen and oxygen atoms in total. The van der Waals surface area contributed by atoms with Crippen molar-refractivity contribution in [1.82, 2.24) is 24.3 Å². The van der Waals surface area contributed by atoms with E-state index < -0.39 is 8.32 Å². The average Bonchev–Trinajstić information content (AvgIpc) is 3.22. The first kappa shape index (κ1) is 32.1. The lowest BCUT2D eigenvalue weighted by molar-refractivity contribution is 0.119. The number of aromatic nitrogens is 3. The lowest BCUT2D eigenvalue weighted by Crippen LogP contribution is -2.44. The summed E-state index contributed by atoms with van der Waals surface area (Å²) in [6.45, 7) is 20.6. The molecule has 1 aliphatic heterocycles. The second-order valence-electron chi connectivity index (χ2n) is 14.6. The predicted octanol–water partition coefficient (Wildman–Crippen LogP) is 7.95. The van der Waals surface area contributed by atoms with Crippen LogP contribution in [0.15, 0.2) is 36.7 Å². The number of nitrogens with zero attached hydrogens (tertiary/aromatic N) is 5. The van der Waals surface area contributed by atoms with Gasteiger partial charge in [0.1, 0.15) is 5.65 Å². The molecule has 43 heavy (non-hydrogen) atoms. The summed E-state index contributed by atoms with van der Waals surface area (Å²) in [4.78, 5) is 14.9. The topological polar surface area (TPSA) is 58.5 Å². The van der Waals surface area contributed by atoms with Crippen molar-refractivity contribution in [3.8, 4) is 11.1 Å². The molecule has 0 spiro atoms. The largest absolute Gasteiger partial charge is 0.414 e. The number of hydrogen-bond acceptors (Lipinski definition) is 6. The Morgan fingerprint density at radius 2 is 1.74 bits per heavy atom. The van der Waals surface area contributed by atoms with E-state index in [2.05, 4.69) is 98.0 Å². The highest BCUT2D eigenvalue weighted by Crippen LogP contribution is 2.42. The summed E-state index contributed by atoms with van der Waals surface area (Å²) in [6, 6.07) is 9.66. The normalized spacial score (nSPS) is 21.3. The number of rotatable bonds is 10. The Morgan fingerprint density at radius 1 is 1.00 bits per heavy atom. The van der Waals surface area contributed by atoms with E-state index in [1.807, 2.05) is 6.20 Å². The molecule has 0 unspecified atom stereocenters. The number of anilines is 1. The molecular weight excluding hydrogens is 549 g/mol. The SMILES string of the molecule is CCCCNc1ncc2c(-c3ccc(CN4CCCN(C)CC4)cc3)cn([C@H]3CC[C@H](O[Si](C)(C)C(C)(C)C)CC3)c2n1. The van der Waals surface area contributed by atoms with Gasteiger partial charge in [-0.25, -0.2) is 4.98 Å². The molecule has 1 saturated carbocycles. The molecule has 236 valence electrons. The second-order valence-corrected chi connectivity index (χ2v) is 19.4. The highest BCUT2D eigenvalue weighted by Gasteiger charge is 2.40. The highest BCUT2D eigenvalue weighted by atomic mass is 28.4. The summed E-state index contributed by atoms with van der Waals surface area (Å²) in [5, 5.41) is 4.84. The minimum absolute atomic E-state index is 0.243. The fourth-order valence-corrected chi connectivity index (χ4v) is 7.76. The summed E-state index contributed by atoms with van der Waals surface area (Å²) in [5.41, 5.74) is 4.91. The summed E-state index contributed by atoms with van der Waals surface area (Å²) in [5.74, 6) is 0.736. The van der Waals surface area contributed by atoms with Crippen LogP contribution in [-0.2, 0) is 11.0 Å². The molecule has 0 bridgehead atoms. The fourth-order valence-electron chi connectivity index (χ4n) is 6.34. The molecule has 0 radical (unpaired) electrons. The zero-order valence-electron chi connectivity index (χ0n) is 28.0. The van der Waals surface area contributed by atoms with Crippen LogP contribution in [-0.4, -0.2) is 78.5 Å². The van der Waals surface area contributed by atoms with E-state index in [-0.39, 0.29) is 5.04 Å². The van der Waals surface area contributed by atoms with Crippen molar-refractivity contribution >= 4 is 25.3 Å². The maximum absolute atomic E-state index is 6.83. The van der Waals surface area contributed by atoms with Gasteiger partial charge >= 0.3 is 0 Å². The minimum Gasteiger partial charge on any atom is -0.414 e. The minimum atomic E-state index is -1.77. The van der Waals surface area contributed by atoms with E-state index in [1.165, 1.54) is 36.2 Å². The quantitative estimate of drug-likeness (QED) is 0.187. The van der Waals surface area contributed by atoms with Gasteiger partial charge < -0.3 is 19.2 Å². The van der Waals surface area contributed by atoms with E-state index in [4.69, 9.17) is 14.4 Å². The van der Waals surface area contributed by atoms with Crippen LogP contribution in [0.3, 0.4) is 0 Å². The molecule has 3 heterocycles. The van der Waals surface area contributed by atoms with Crippen LogP contribution in [0.4, 0.5) is 5.95 Å². The van der Waals surface area contributed by atoms with E-state index >= 15 is 0 Å². The Labute approximate surface area is 261 Å². The first-order chi connectivity index (χ1) is 20.5. The average molecular weight is 605 g/mol. The highest BCUT2D eigenvalue weighted by molar-refractivity contribution is 6.74. The summed E-state index contributed by atoms with van der Waals surface area (Å²) < 4.78 is 9.29. The van der Waals surface area contributed by atoms with E-state index in [0.29, 0.717) is 12.1 Å². The molecule has 8 heteroatoms. The monoisotopic (exact) mass is 604 g/mol. The van der Waals surface area contributed by atoms with Gasteiger partial charge in [-0.15, -0.1) is 0 Å². The molecule has 0 atom stereocenters. The van der Waals surface area contributed by atoms with Crippen molar-refractivity contribution in [2.45, 2.75) is 109 Å². The van der Waals surface area contributed by atoms with Crippen LogP contribution in [0.25, 0.3) is 22.2 Å². The van der Waals surface area contributed by atoms with Crippen molar-refractivity contribution in [1.29, 1.82) is 0 Å². The van der Waals surface area contributed by atoms with E-state index in [1.54, 1.807) is 0 Å². The van der Waals surface area contributed by atoms with Crippen LogP contribution in [0.2, 0.25) is 18.1 Å². The van der Waals surface area contributed by atoms with Gasteiger partial charge in [0.25, 0.3) is 0 Å². The zero-order chi connectivity index (χ0) is 30.6. The van der Waals surface area contributed by atoms with Crippen LogP contribution >= 0.6 is 0 Å². The van der Waals surface area contributed by atoms with Crippen molar-refractivity contribution < 1.29 is 4.43 Å². The van der Waals surface area contributed by atoms with Gasteiger partial charge in [0.2, 0.25) is 5.95 Å². The molecule has 0 amide bonds. The maximum Gasteiger partial charge on any atom is 0.224 e. The van der Waals surface area contributed by atoms with Crippen LogP contribution < -0.4 is 5.32 Å². The predicted molar refractivity (Wildman–Crippen MR) is 183 cm³/mol. The smallest absolute Gasteiger partial charge is 0.224 e. The zero-order valence-corrected chi connectivity index (χ0v) is 29.0. The third kappa shape index (κ3) is 7.88. The molecule has 2 aromatic heterocycles. The van der Waals surface area contributed by atoms with Gasteiger partial charge in [0.05, 0.1) is 0 Å². The summed E-state index contributed by atoms with van der Waals surface area (Å²) in [6.07, 6.45) is 12.7. The number of fused-ring (bicyclic) bond motifs is 1. The number of benzene rings is 1. The Balaban J connectivity index is 1.36. The van der Waals surface area contributed by atoms with E-state index in [9.17, 15) is 0 Å². The summed E-state index contributed by atoms with van der Waals surface area (Å²) in [7, 11) is 0.467. The Kier molecular flexibility index (Phi) is 10.3. The van der Waals surface area contributed by atoms with Gasteiger partial charge in [0, 0.05) is 61.7 Å². The lowest BCUT2D eigenvalue weighted by atomic mass is 9.93. The maximum atomic E-state index is 6.83. The van der Waals surface area contributed by atoms with Gasteiger partial charge in [-0.3, -0.25) is 4.90 Å².